The number of carbonyl (C=O) groups is 1. The van der Waals surface area contributed by atoms with Crippen LogP contribution >= 0.6 is 11.8 Å². The molecule has 0 radical (unpaired) electrons. The third-order valence-electron chi connectivity index (χ3n) is 4.53. The molecule has 0 spiro atoms. The molecular formula is C16H29NO9S. The van der Waals surface area contributed by atoms with Crippen LogP contribution in [0.15, 0.2) is 0 Å². The Morgan fingerprint density at radius 3 is 2.56 bits per heavy atom. The Bertz CT molecular complexity index is 456. The van der Waals surface area contributed by atoms with Gasteiger partial charge < -0.3 is 45.1 Å². The van der Waals surface area contributed by atoms with Crippen molar-refractivity contribution in [2.75, 3.05) is 37.9 Å². The second kappa shape index (κ2) is 11.5. The second-order valence-electron chi connectivity index (χ2n) is 6.56. The van der Waals surface area contributed by atoms with Crippen LogP contribution in [0.25, 0.3) is 0 Å². The molecule has 2 aliphatic rings. The lowest BCUT2D eigenvalue weighted by Gasteiger charge is -2.39. The Hall–Kier alpha value is -0.500. The Kier molecular flexibility index (Phi) is 9.70. The molecule has 2 fully saturated rings. The zero-order valence-corrected chi connectivity index (χ0v) is 15.8. The van der Waals surface area contributed by atoms with Gasteiger partial charge in [0.1, 0.15) is 30.5 Å². The molecule has 7 atom stereocenters. The van der Waals surface area contributed by atoms with Crippen LogP contribution in [-0.2, 0) is 19.0 Å². The molecule has 0 aromatic carbocycles. The number of nitrogens with one attached hydrogen (secondary N) is 1. The molecule has 0 bridgehead atoms. The Morgan fingerprint density at radius 1 is 1.11 bits per heavy atom. The molecule has 2 rings (SSSR count). The van der Waals surface area contributed by atoms with Crippen LogP contribution in [0.3, 0.4) is 0 Å². The molecular weight excluding hydrogens is 382 g/mol. The molecule has 0 aliphatic carbocycles. The van der Waals surface area contributed by atoms with Crippen LogP contribution in [0.2, 0.25) is 0 Å². The van der Waals surface area contributed by atoms with Gasteiger partial charge in [-0.2, -0.15) is 11.8 Å². The first-order chi connectivity index (χ1) is 12.9. The predicted octanol–water partition coefficient (Wildman–Crippen LogP) is -2.24. The Balaban J connectivity index is 1.49. The fourth-order valence-electron chi connectivity index (χ4n) is 2.96. The van der Waals surface area contributed by atoms with E-state index in [2.05, 4.69) is 5.32 Å². The maximum atomic E-state index is 10.8. The van der Waals surface area contributed by atoms with E-state index in [-0.39, 0.29) is 12.7 Å². The van der Waals surface area contributed by atoms with Crippen LogP contribution < -0.4 is 5.32 Å². The lowest BCUT2D eigenvalue weighted by atomic mass is 9.99. The average Bonchev–Trinajstić information content (AvgIpc) is 3.13. The highest BCUT2D eigenvalue weighted by molar-refractivity contribution is 7.99. The largest absolute Gasteiger partial charge is 0.480 e. The van der Waals surface area contributed by atoms with E-state index in [1.165, 1.54) is 0 Å². The van der Waals surface area contributed by atoms with Crippen molar-refractivity contribution in [2.24, 2.45) is 0 Å². The molecule has 11 heteroatoms. The monoisotopic (exact) mass is 411 g/mol. The van der Waals surface area contributed by atoms with E-state index in [1.807, 2.05) is 0 Å². The van der Waals surface area contributed by atoms with E-state index < -0.39 is 49.3 Å². The maximum Gasteiger partial charge on any atom is 0.320 e. The van der Waals surface area contributed by atoms with Crippen molar-refractivity contribution in [1.29, 1.82) is 0 Å². The smallest absolute Gasteiger partial charge is 0.320 e. The van der Waals surface area contributed by atoms with E-state index in [0.29, 0.717) is 25.3 Å². The molecule has 2 aliphatic heterocycles. The molecule has 5 unspecified atom stereocenters. The van der Waals surface area contributed by atoms with Gasteiger partial charge in [0.15, 0.2) is 6.29 Å². The van der Waals surface area contributed by atoms with Gasteiger partial charge in [-0.05, 0) is 12.2 Å². The van der Waals surface area contributed by atoms with E-state index in [1.54, 1.807) is 11.8 Å². The maximum absolute atomic E-state index is 10.8. The molecule has 0 amide bonds. The van der Waals surface area contributed by atoms with Crippen LogP contribution in [0, 0.1) is 0 Å². The third-order valence-corrected chi connectivity index (χ3v) is 5.57. The van der Waals surface area contributed by atoms with Gasteiger partial charge >= 0.3 is 5.97 Å². The first kappa shape index (κ1) is 22.8. The average molecular weight is 411 g/mol. The molecule has 158 valence electrons. The van der Waals surface area contributed by atoms with Gasteiger partial charge in [0.2, 0.25) is 0 Å². The van der Waals surface area contributed by atoms with Crippen molar-refractivity contribution in [2.45, 2.75) is 55.7 Å². The normalized spacial score (nSPS) is 36.8. The summed E-state index contributed by atoms with van der Waals surface area (Å²) in [6.07, 6.45) is -5.03. The fraction of sp³-hybridized carbons (Fsp3) is 0.938. The van der Waals surface area contributed by atoms with E-state index >= 15 is 0 Å². The minimum atomic E-state index is -1.43. The highest BCUT2D eigenvalue weighted by Gasteiger charge is 2.43. The number of hydrogen-bond donors (Lipinski definition) is 6. The standard InChI is InChI=1S/C16H29NO9S/c18-8-11-12(19)13(20)14(21)16(26-11)25-3-5-27-4-1-2-24-9-6-10(15(22)23)17-7-9/h9-14,16-21H,1-8H2,(H,22,23)/t9-,10+,11?,12?,13?,14?,16?/m1/s1. The molecule has 27 heavy (non-hydrogen) atoms. The lowest BCUT2D eigenvalue weighted by molar-refractivity contribution is -0.299. The summed E-state index contributed by atoms with van der Waals surface area (Å²) < 4.78 is 16.3. The number of hydrogen-bond acceptors (Lipinski definition) is 10. The minimum Gasteiger partial charge on any atom is -0.480 e. The number of thioether (sulfide) groups is 1. The molecule has 0 aromatic rings. The number of carboxylic acids is 1. The van der Waals surface area contributed by atoms with Gasteiger partial charge in [0.05, 0.1) is 19.3 Å². The molecule has 10 nitrogen and oxygen atoms in total. The van der Waals surface area contributed by atoms with Crippen molar-refractivity contribution >= 4 is 17.7 Å². The summed E-state index contributed by atoms with van der Waals surface area (Å²) in [4.78, 5) is 10.8. The Morgan fingerprint density at radius 2 is 1.89 bits per heavy atom. The van der Waals surface area contributed by atoms with Gasteiger partial charge in [-0.25, -0.2) is 0 Å². The topological polar surface area (TPSA) is 158 Å². The van der Waals surface area contributed by atoms with Gasteiger partial charge in [0, 0.05) is 25.3 Å². The number of aliphatic hydroxyl groups is 4. The van der Waals surface area contributed by atoms with E-state index in [4.69, 9.17) is 24.4 Å². The minimum absolute atomic E-state index is 0.0642. The van der Waals surface area contributed by atoms with E-state index in [0.717, 1.165) is 12.2 Å². The zero-order valence-electron chi connectivity index (χ0n) is 15.0. The number of carboxylic acid groups (broad SMARTS) is 1. The second-order valence-corrected chi connectivity index (χ2v) is 7.79. The SMILES string of the molecule is O=C(O)[C@@H]1C[C@@H](OCCCSCCOC2OC(CO)C(O)C(O)C2O)CN1. The molecule has 2 saturated heterocycles. The summed E-state index contributed by atoms with van der Waals surface area (Å²) in [7, 11) is 0. The van der Waals surface area contributed by atoms with Gasteiger partial charge in [-0.15, -0.1) is 0 Å². The lowest BCUT2D eigenvalue weighted by Crippen LogP contribution is -2.59. The van der Waals surface area contributed by atoms with Crippen LogP contribution in [0.1, 0.15) is 12.8 Å². The summed E-state index contributed by atoms with van der Waals surface area (Å²) in [5.41, 5.74) is 0. The quantitative estimate of drug-likeness (QED) is 0.204. The van der Waals surface area contributed by atoms with Crippen molar-refractivity contribution in [3.8, 4) is 0 Å². The fourth-order valence-corrected chi connectivity index (χ4v) is 3.70. The van der Waals surface area contributed by atoms with Crippen molar-refractivity contribution < 1.29 is 44.5 Å². The van der Waals surface area contributed by atoms with Crippen molar-refractivity contribution in [3.05, 3.63) is 0 Å². The van der Waals surface area contributed by atoms with Crippen molar-refractivity contribution in [1.82, 2.24) is 5.32 Å². The first-order valence-corrected chi connectivity index (χ1v) is 10.2. The third kappa shape index (κ3) is 6.80. The highest BCUT2D eigenvalue weighted by atomic mass is 32.2. The Labute approximate surface area is 161 Å². The molecule has 0 aromatic heterocycles. The zero-order chi connectivity index (χ0) is 19.8. The summed E-state index contributed by atoms with van der Waals surface area (Å²) in [5.74, 6) is 0.623. The van der Waals surface area contributed by atoms with Crippen LogP contribution in [-0.4, -0.2) is 112 Å². The number of ether oxygens (including phenoxy) is 3. The summed E-state index contributed by atoms with van der Waals surface area (Å²) in [6, 6.07) is -0.524. The van der Waals surface area contributed by atoms with Crippen LogP contribution in [0.5, 0.6) is 0 Å². The number of aliphatic carboxylic acids is 1. The van der Waals surface area contributed by atoms with E-state index in [9.17, 15) is 20.1 Å². The van der Waals surface area contributed by atoms with Gasteiger partial charge in [-0.3, -0.25) is 4.79 Å². The first-order valence-electron chi connectivity index (χ1n) is 9.01. The number of rotatable bonds is 11. The predicted molar refractivity (Wildman–Crippen MR) is 95.4 cm³/mol. The molecule has 6 N–H and O–H groups in total. The summed E-state index contributed by atoms with van der Waals surface area (Å²) >= 11 is 1.63. The molecule has 2 heterocycles. The van der Waals surface area contributed by atoms with Gasteiger partial charge in [-0.1, -0.05) is 0 Å². The van der Waals surface area contributed by atoms with Crippen LogP contribution in [0.4, 0.5) is 0 Å². The summed E-state index contributed by atoms with van der Waals surface area (Å²) in [5, 5.41) is 50.1. The van der Waals surface area contributed by atoms with Gasteiger partial charge in [0.25, 0.3) is 0 Å². The van der Waals surface area contributed by atoms with Crippen molar-refractivity contribution in [3.63, 3.8) is 0 Å². The summed E-state index contributed by atoms with van der Waals surface area (Å²) in [6.45, 7) is 0.903. The molecule has 0 saturated carbocycles. The number of aliphatic hydroxyl groups excluding tert-OH is 4. The highest BCUT2D eigenvalue weighted by Crippen LogP contribution is 2.22.